The molecule has 0 atom stereocenters. The highest BCUT2D eigenvalue weighted by molar-refractivity contribution is 9.10. The summed E-state index contributed by atoms with van der Waals surface area (Å²) in [7, 11) is 0. The smallest absolute Gasteiger partial charge is 0.160 e. The molecule has 0 aliphatic rings. The standard InChI is InChI=1S/C14H13BrClNO2/c15-10-3-1-4-11(9-10)18-7-8-19-14-12(16)5-2-6-13(14)17/h1-6,9H,7-8,17H2. The van der Waals surface area contributed by atoms with Gasteiger partial charge in [-0.2, -0.15) is 0 Å². The lowest BCUT2D eigenvalue weighted by molar-refractivity contribution is 0.218. The van der Waals surface area contributed by atoms with Crippen molar-refractivity contribution in [2.75, 3.05) is 18.9 Å². The van der Waals surface area contributed by atoms with Crippen LogP contribution in [-0.2, 0) is 0 Å². The second-order valence-electron chi connectivity index (χ2n) is 3.81. The van der Waals surface area contributed by atoms with Crippen LogP contribution in [0, 0.1) is 0 Å². The summed E-state index contributed by atoms with van der Waals surface area (Å²) < 4.78 is 12.0. The van der Waals surface area contributed by atoms with Gasteiger partial charge >= 0.3 is 0 Å². The minimum atomic E-state index is 0.375. The summed E-state index contributed by atoms with van der Waals surface area (Å²) >= 11 is 9.38. The van der Waals surface area contributed by atoms with E-state index < -0.39 is 0 Å². The molecule has 2 aromatic carbocycles. The fourth-order valence-electron chi connectivity index (χ4n) is 1.54. The van der Waals surface area contributed by atoms with Crippen LogP contribution in [-0.4, -0.2) is 13.2 Å². The topological polar surface area (TPSA) is 44.5 Å². The van der Waals surface area contributed by atoms with Crippen molar-refractivity contribution in [3.05, 3.63) is 52.0 Å². The molecule has 0 bridgehead atoms. The van der Waals surface area contributed by atoms with Crippen molar-refractivity contribution in [1.29, 1.82) is 0 Å². The average Bonchev–Trinajstić information content (AvgIpc) is 2.37. The lowest BCUT2D eigenvalue weighted by Crippen LogP contribution is -2.10. The first-order valence-electron chi connectivity index (χ1n) is 5.72. The van der Waals surface area contributed by atoms with Gasteiger partial charge in [-0.1, -0.05) is 39.7 Å². The Morgan fingerprint density at radius 1 is 1.05 bits per heavy atom. The van der Waals surface area contributed by atoms with Crippen LogP contribution in [0.25, 0.3) is 0 Å². The summed E-state index contributed by atoms with van der Waals surface area (Å²) in [5.41, 5.74) is 6.30. The van der Waals surface area contributed by atoms with Crippen LogP contribution in [0.1, 0.15) is 0 Å². The predicted octanol–water partition coefficient (Wildman–Crippen LogP) is 4.14. The van der Waals surface area contributed by atoms with E-state index in [1.165, 1.54) is 0 Å². The fourth-order valence-corrected chi connectivity index (χ4v) is 2.15. The van der Waals surface area contributed by atoms with Crippen LogP contribution < -0.4 is 15.2 Å². The Hall–Kier alpha value is -1.39. The number of anilines is 1. The van der Waals surface area contributed by atoms with Gasteiger partial charge in [0.05, 0.1) is 10.7 Å². The van der Waals surface area contributed by atoms with E-state index in [2.05, 4.69) is 15.9 Å². The van der Waals surface area contributed by atoms with Gasteiger partial charge < -0.3 is 15.2 Å². The normalized spacial score (nSPS) is 10.2. The molecule has 100 valence electrons. The first kappa shape index (κ1) is 14.0. The Labute approximate surface area is 125 Å². The van der Waals surface area contributed by atoms with Gasteiger partial charge in [0.25, 0.3) is 0 Å². The van der Waals surface area contributed by atoms with E-state index in [-0.39, 0.29) is 0 Å². The maximum Gasteiger partial charge on any atom is 0.160 e. The molecule has 0 unspecified atom stereocenters. The molecule has 0 aromatic heterocycles. The molecule has 0 amide bonds. The van der Waals surface area contributed by atoms with E-state index in [0.717, 1.165) is 10.2 Å². The van der Waals surface area contributed by atoms with Crippen molar-refractivity contribution in [3.8, 4) is 11.5 Å². The molecule has 0 aliphatic carbocycles. The number of hydrogen-bond donors (Lipinski definition) is 1. The second-order valence-corrected chi connectivity index (χ2v) is 5.14. The van der Waals surface area contributed by atoms with Crippen LogP contribution in [0.4, 0.5) is 5.69 Å². The number of nitrogens with two attached hydrogens (primary N) is 1. The number of para-hydroxylation sites is 1. The molecule has 0 aliphatic heterocycles. The molecule has 5 heteroatoms. The van der Waals surface area contributed by atoms with Gasteiger partial charge in [-0.25, -0.2) is 0 Å². The lowest BCUT2D eigenvalue weighted by Gasteiger charge is -2.11. The molecular formula is C14H13BrClNO2. The maximum absolute atomic E-state index is 5.99. The van der Waals surface area contributed by atoms with Crippen molar-refractivity contribution in [2.24, 2.45) is 0 Å². The highest BCUT2D eigenvalue weighted by Gasteiger charge is 2.05. The quantitative estimate of drug-likeness (QED) is 0.656. The van der Waals surface area contributed by atoms with Gasteiger partial charge in [0.2, 0.25) is 0 Å². The van der Waals surface area contributed by atoms with E-state index in [9.17, 15) is 0 Å². The Kier molecular flexibility index (Phi) is 4.93. The third kappa shape index (κ3) is 4.04. The highest BCUT2D eigenvalue weighted by atomic mass is 79.9. The van der Waals surface area contributed by atoms with Gasteiger partial charge in [-0.05, 0) is 30.3 Å². The molecule has 3 nitrogen and oxygen atoms in total. The average molecular weight is 343 g/mol. The van der Waals surface area contributed by atoms with Gasteiger partial charge in [0.15, 0.2) is 5.75 Å². The molecule has 2 N–H and O–H groups in total. The summed E-state index contributed by atoms with van der Waals surface area (Å²) in [4.78, 5) is 0. The molecule has 0 radical (unpaired) electrons. The SMILES string of the molecule is Nc1cccc(Cl)c1OCCOc1cccc(Br)c1. The van der Waals surface area contributed by atoms with E-state index in [4.69, 9.17) is 26.8 Å². The molecule has 19 heavy (non-hydrogen) atoms. The van der Waals surface area contributed by atoms with E-state index in [0.29, 0.717) is 29.7 Å². The van der Waals surface area contributed by atoms with Gasteiger partial charge in [0, 0.05) is 4.47 Å². The van der Waals surface area contributed by atoms with Crippen molar-refractivity contribution in [1.82, 2.24) is 0 Å². The number of benzene rings is 2. The molecule has 0 heterocycles. The third-order valence-corrected chi connectivity index (χ3v) is 3.18. The summed E-state index contributed by atoms with van der Waals surface area (Å²) in [6.45, 7) is 0.793. The lowest BCUT2D eigenvalue weighted by atomic mass is 10.3. The molecule has 0 saturated heterocycles. The molecule has 0 saturated carbocycles. The number of halogens is 2. The van der Waals surface area contributed by atoms with Gasteiger partial charge in [-0.15, -0.1) is 0 Å². The first-order valence-corrected chi connectivity index (χ1v) is 6.89. The second kappa shape index (κ2) is 6.68. The van der Waals surface area contributed by atoms with Crippen LogP contribution in [0.15, 0.2) is 46.9 Å². The Morgan fingerprint density at radius 3 is 2.53 bits per heavy atom. The first-order chi connectivity index (χ1) is 9.16. The fraction of sp³-hybridized carbons (Fsp3) is 0.143. The molecule has 2 aromatic rings. The van der Waals surface area contributed by atoms with E-state index >= 15 is 0 Å². The van der Waals surface area contributed by atoms with Gasteiger partial charge in [0.1, 0.15) is 19.0 Å². The Morgan fingerprint density at radius 2 is 1.79 bits per heavy atom. The van der Waals surface area contributed by atoms with Crippen LogP contribution in [0.5, 0.6) is 11.5 Å². The van der Waals surface area contributed by atoms with Crippen LogP contribution in [0.2, 0.25) is 5.02 Å². The van der Waals surface area contributed by atoms with Crippen molar-refractivity contribution >= 4 is 33.2 Å². The Balaban J connectivity index is 1.84. The predicted molar refractivity (Wildman–Crippen MR) is 81.0 cm³/mol. The minimum absolute atomic E-state index is 0.375. The van der Waals surface area contributed by atoms with E-state index in [1.807, 2.05) is 24.3 Å². The van der Waals surface area contributed by atoms with Crippen molar-refractivity contribution in [2.45, 2.75) is 0 Å². The third-order valence-electron chi connectivity index (χ3n) is 2.39. The zero-order valence-corrected chi connectivity index (χ0v) is 12.4. The van der Waals surface area contributed by atoms with Crippen molar-refractivity contribution in [3.63, 3.8) is 0 Å². The van der Waals surface area contributed by atoms with Crippen LogP contribution in [0.3, 0.4) is 0 Å². The highest BCUT2D eigenvalue weighted by Crippen LogP contribution is 2.30. The van der Waals surface area contributed by atoms with Gasteiger partial charge in [-0.3, -0.25) is 0 Å². The summed E-state index contributed by atoms with van der Waals surface area (Å²) in [6.07, 6.45) is 0. The Bertz CT molecular complexity index is 543. The summed E-state index contributed by atoms with van der Waals surface area (Å²) in [5.74, 6) is 1.28. The monoisotopic (exact) mass is 341 g/mol. The number of nitrogen functional groups attached to an aromatic ring is 1. The maximum atomic E-state index is 5.99. The molecule has 0 spiro atoms. The molecule has 2 rings (SSSR count). The summed E-state index contributed by atoms with van der Waals surface area (Å²) in [5, 5.41) is 0.502. The molecule has 0 fully saturated rings. The summed E-state index contributed by atoms with van der Waals surface area (Å²) in [6, 6.07) is 12.9. The minimum Gasteiger partial charge on any atom is -0.490 e. The zero-order valence-electron chi connectivity index (χ0n) is 10.1. The zero-order chi connectivity index (χ0) is 13.7. The van der Waals surface area contributed by atoms with Crippen molar-refractivity contribution < 1.29 is 9.47 Å². The van der Waals surface area contributed by atoms with E-state index in [1.54, 1.807) is 18.2 Å². The number of rotatable bonds is 5. The largest absolute Gasteiger partial charge is 0.490 e. The van der Waals surface area contributed by atoms with Crippen LogP contribution >= 0.6 is 27.5 Å². The number of ether oxygens (including phenoxy) is 2. The number of hydrogen-bond acceptors (Lipinski definition) is 3. The molecular weight excluding hydrogens is 330 g/mol.